The number of phenols is 1. The van der Waals surface area contributed by atoms with Crippen molar-refractivity contribution in [2.75, 3.05) is 6.61 Å². The summed E-state index contributed by atoms with van der Waals surface area (Å²) in [6, 6.07) is 5.73. The molecular weight excluding hydrogens is 354 g/mol. The first kappa shape index (κ1) is 15.8. The number of fused-ring (bicyclic) bond motifs is 6. The zero-order valence-corrected chi connectivity index (χ0v) is 15.7. The second-order valence-corrected chi connectivity index (χ2v) is 9.54. The third kappa shape index (κ3) is 2.37. The molecule has 2 aromatic rings. The SMILES string of the molecule is CCOc1cc([C@H]2c3sc(=O)[nH]c3S[C@@H]3[C@H]4CC[C@H](C4)[C@@H]23)ccc1O. The lowest BCUT2D eigenvalue weighted by Crippen LogP contribution is -2.33. The second kappa shape index (κ2) is 5.81. The van der Waals surface area contributed by atoms with Crippen LogP contribution in [0, 0.1) is 17.8 Å². The fraction of sp³-hybridized carbons (Fsp3) is 0.526. The van der Waals surface area contributed by atoms with Crippen molar-refractivity contribution in [2.24, 2.45) is 17.8 Å². The number of hydrogen-bond acceptors (Lipinski definition) is 5. The van der Waals surface area contributed by atoms with Crippen LogP contribution in [0.15, 0.2) is 28.0 Å². The number of benzene rings is 1. The first-order valence-electron chi connectivity index (χ1n) is 9.01. The van der Waals surface area contributed by atoms with E-state index in [1.807, 2.05) is 30.8 Å². The molecule has 0 spiro atoms. The number of phenolic OH excluding ortho intramolecular Hbond substituents is 1. The van der Waals surface area contributed by atoms with Gasteiger partial charge < -0.3 is 14.8 Å². The number of ether oxygens (including phenoxy) is 1. The van der Waals surface area contributed by atoms with Crippen molar-refractivity contribution in [1.29, 1.82) is 0 Å². The van der Waals surface area contributed by atoms with Crippen LogP contribution in [0.3, 0.4) is 0 Å². The average Bonchev–Trinajstić information content (AvgIpc) is 3.28. The summed E-state index contributed by atoms with van der Waals surface area (Å²) < 4.78 is 5.61. The van der Waals surface area contributed by atoms with Gasteiger partial charge in [-0.1, -0.05) is 17.4 Å². The zero-order valence-electron chi connectivity index (χ0n) is 14.0. The molecule has 2 heterocycles. The van der Waals surface area contributed by atoms with E-state index in [1.54, 1.807) is 6.07 Å². The molecule has 4 nitrogen and oxygen atoms in total. The summed E-state index contributed by atoms with van der Waals surface area (Å²) >= 11 is 3.26. The highest BCUT2D eigenvalue weighted by Crippen LogP contribution is 2.63. The molecule has 6 heteroatoms. The molecule has 0 saturated heterocycles. The van der Waals surface area contributed by atoms with Crippen LogP contribution >= 0.6 is 23.1 Å². The summed E-state index contributed by atoms with van der Waals surface area (Å²) in [5, 5.41) is 11.7. The second-order valence-electron chi connectivity index (χ2n) is 7.34. The maximum Gasteiger partial charge on any atom is 0.305 e. The molecule has 0 radical (unpaired) electrons. The molecule has 0 unspecified atom stereocenters. The lowest BCUT2D eigenvalue weighted by atomic mass is 9.75. The summed E-state index contributed by atoms with van der Waals surface area (Å²) in [7, 11) is 0. The van der Waals surface area contributed by atoms with Gasteiger partial charge in [-0.25, -0.2) is 0 Å². The van der Waals surface area contributed by atoms with Gasteiger partial charge in [0.15, 0.2) is 11.5 Å². The maximum absolute atomic E-state index is 12.0. The van der Waals surface area contributed by atoms with Crippen LogP contribution in [-0.2, 0) is 0 Å². The Morgan fingerprint density at radius 1 is 1.32 bits per heavy atom. The van der Waals surface area contributed by atoms with E-state index in [1.165, 1.54) is 41.0 Å². The van der Waals surface area contributed by atoms with Crippen LogP contribution in [0.4, 0.5) is 0 Å². The molecule has 5 rings (SSSR count). The van der Waals surface area contributed by atoms with E-state index in [-0.39, 0.29) is 16.5 Å². The number of nitrogens with one attached hydrogen (secondary N) is 1. The smallest absolute Gasteiger partial charge is 0.305 e. The van der Waals surface area contributed by atoms with Crippen LogP contribution in [0.25, 0.3) is 0 Å². The predicted molar refractivity (Wildman–Crippen MR) is 100 cm³/mol. The van der Waals surface area contributed by atoms with Gasteiger partial charge in [-0.3, -0.25) is 4.79 Å². The predicted octanol–water partition coefficient (Wildman–Crippen LogP) is 4.19. The molecule has 0 amide bonds. The molecule has 3 aliphatic rings. The van der Waals surface area contributed by atoms with E-state index >= 15 is 0 Å². The summed E-state index contributed by atoms with van der Waals surface area (Å²) in [6.07, 6.45) is 3.97. The van der Waals surface area contributed by atoms with Crippen LogP contribution in [0.5, 0.6) is 11.5 Å². The molecule has 2 saturated carbocycles. The van der Waals surface area contributed by atoms with Gasteiger partial charge in [0, 0.05) is 16.0 Å². The van der Waals surface area contributed by atoms with E-state index < -0.39 is 0 Å². The third-order valence-electron chi connectivity index (χ3n) is 6.11. The van der Waals surface area contributed by atoms with Crippen molar-refractivity contribution in [3.63, 3.8) is 0 Å². The van der Waals surface area contributed by atoms with Gasteiger partial charge in [-0.15, -0.1) is 11.8 Å². The average molecular weight is 376 g/mol. The summed E-state index contributed by atoms with van der Waals surface area (Å²) in [5.41, 5.74) is 1.17. The Balaban J connectivity index is 1.65. The topological polar surface area (TPSA) is 62.3 Å². The quantitative estimate of drug-likeness (QED) is 0.844. The maximum atomic E-state index is 12.0. The molecular formula is C19H21NO3S2. The normalized spacial score (nSPS) is 32.4. The minimum absolute atomic E-state index is 0.0404. The molecule has 25 heavy (non-hydrogen) atoms. The number of aromatic amines is 1. The van der Waals surface area contributed by atoms with Crippen LogP contribution in [0.1, 0.15) is 42.5 Å². The largest absolute Gasteiger partial charge is 0.504 e. The minimum atomic E-state index is 0.0404. The molecule has 5 atom stereocenters. The van der Waals surface area contributed by atoms with Gasteiger partial charge in [-0.05, 0) is 61.6 Å². The minimum Gasteiger partial charge on any atom is -0.504 e. The van der Waals surface area contributed by atoms with Gasteiger partial charge in [0.05, 0.1) is 11.6 Å². The summed E-state index contributed by atoms with van der Waals surface area (Å²) in [6.45, 7) is 2.45. The standard InChI is InChI=1S/C19H21NO3S2/c1-2-23-13-8-10(5-6-12(13)21)15-14-9-3-4-11(7-9)16(14)24-18-17(15)25-19(22)20-18/h5-6,8-9,11,14-16,21H,2-4,7H2,1H3,(H,20,22)/t9-,11+,14+,15-,16-/m1/s1. The number of thioether (sulfide) groups is 1. The zero-order chi connectivity index (χ0) is 17.1. The fourth-order valence-electron chi connectivity index (χ4n) is 5.22. The highest BCUT2D eigenvalue weighted by Gasteiger charge is 2.54. The van der Waals surface area contributed by atoms with E-state index in [0.29, 0.717) is 23.5 Å². The lowest BCUT2D eigenvalue weighted by Gasteiger charge is -2.40. The van der Waals surface area contributed by atoms with Gasteiger partial charge in [0.1, 0.15) is 0 Å². The molecule has 1 aliphatic heterocycles. The Bertz CT molecular complexity index is 874. The molecule has 132 valence electrons. The number of hydrogen-bond donors (Lipinski definition) is 2. The number of aromatic hydroxyl groups is 1. The van der Waals surface area contributed by atoms with Crippen molar-refractivity contribution >= 4 is 23.1 Å². The van der Waals surface area contributed by atoms with Crippen LogP contribution in [0.2, 0.25) is 0 Å². The molecule has 2 aliphatic carbocycles. The lowest BCUT2D eigenvalue weighted by molar-refractivity contribution is 0.302. The van der Waals surface area contributed by atoms with E-state index in [2.05, 4.69) is 4.98 Å². The highest BCUT2D eigenvalue weighted by molar-refractivity contribution is 8.00. The molecule has 2 N–H and O–H groups in total. The number of rotatable bonds is 3. The van der Waals surface area contributed by atoms with E-state index in [9.17, 15) is 9.90 Å². The number of aromatic nitrogens is 1. The van der Waals surface area contributed by atoms with Gasteiger partial charge >= 0.3 is 4.87 Å². The molecule has 2 bridgehead atoms. The Morgan fingerprint density at radius 2 is 2.16 bits per heavy atom. The monoisotopic (exact) mass is 375 g/mol. The molecule has 1 aromatic heterocycles. The van der Waals surface area contributed by atoms with Crippen molar-refractivity contribution in [1.82, 2.24) is 4.98 Å². The van der Waals surface area contributed by atoms with Crippen molar-refractivity contribution in [2.45, 2.75) is 42.4 Å². The summed E-state index contributed by atoms with van der Waals surface area (Å²) in [5.74, 6) is 3.08. The van der Waals surface area contributed by atoms with Gasteiger partial charge in [-0.2, -0.15) is 0 Å². The van der Waals surface area contributed by atoms with Crippen LogP contribution < -0.4 is 9.61 Å². The van der Waals surface area contributed by atoms with Crippen molar-refractivity contribution < 1.29 is 9.84 Å². The highest BCUT2D eigenvalue weighted by atomic mass is 32.2. The number of thiazole rings is 1. The first-order valence-corrected chi connectivity index (χ1v) is 10.7. The Kier molecular flexibility index (Phi) is 3.68. The Hall–Kier alpha value is -1.40. The van der Waals surface area contributed by atoms with Crippen LogP contribution in [-0.4, -0.2) is 21.9 Å². The Labute approximate surface area is 154 Å². The summed E-state index contributed by atoms with van der Waals surface area (Å²) in [4.78, 5) is 16.3. The van der Waals surface area contributed by atoms with E-state index in [4.69, 9.17) is 4.74 Å². The van der Waals surface area contributed by atoms with Crippen molar-refractivity contribution in [3.05, 3.63) is 38.3 Å². The van der Waals surface area contributed by atoms with Gasteiger partial charge in [0.2, 0.25) is 0 Å². The Morgan fingerprint density at radius 3 is 3.00 bits per heavy atom. The van der Waals surface area contributed by atoms with Crippen molar-refractivity contribution in [3.8, 4) is 11.5 Å². The van der Waals surface area contributed by atoms with E-state index in [0.717, 1.165) is 16.9 Å². The number of H-pyrrole nitrogens is 1. The third-order valence-corrected chi connectivity index (χ3v) is 8.73. The molecule has 2 fully saturated rings. The molecule has 1 aromatic carbocycles. The first-order chi connectivity index (χ1) is 12.2. The van der Waals surface area contributed by atoms with Gasteiger partial charge in [0.25, 0.3) is 0 Å². The fourth-order valence-corrected chi connectivity index (χ4v) is 8.11.